The third-order valence-electron chi connectivity index (χ3n) is 4.59. The van der Waals surface area contributed by atoms with Crippen molar-refractivity contribution in [2.24, 2.45) is 5.92 Å². The Morgan fingerprint density at radius 2 is 1.96 bits per heavy atom. The van der Waals surface area contributed by atoms with E-state index in [1.165, 1.54) is 0 Å². The lowest BCUT2D eigenvalue weighted by atomic mass is 10.0. The van der Waals surface area contributed by atoms with Gasteiger partial charge in [-0.05, 0) is 31.2 Å². The molecular formula is C17H17N9. The molecule has 9 heteroatoms. The first-order valence-electron chi connectivity index (χ1n) is 8.52. The number of pyridine rings is 1. The summed E-state index contributed by atoms with van der Waals surface area (Å²) >= 11 is 0. The van der Waals surface area contributed by atoms with Gasteiger partial charge in [0, 0.05) is 37.9 Å². The molecule has 5 heterocycles. The number of nitrogens with one attached hydrogen (secondary N) is 1. The number of aromatic nitrogens is 7. The van der Waals surface area contributed by atoms with Crippen molar-refractivity contribution in [3.8, 4) is 0 Å². The Kier molecular flexibility index (Phi) is 3.37. The Morgan fingerprint density at radius 3 is 2.88 bits per heavy atom. The molecule has 0 radical (unpaired) electrons. The zero-order chi connectivity index (χ0) is 17.5. The highest BCUT2D eigenvalue weighted by Gasteiger charge is 2.28. The molecular weight excluding hydrogens is 330 g/mol. The molecule has 5 rings (SSSR count). The number of hydrogen-bond acceptors (Lipinski definition) is 8. The van der Waals surface area contributed by atoms with Crippen molar-refractivity contribution in [1.82, 2.24) is 34.8 Å². The van der Waals surface area contributed by atoms with E-state index in [1.54, 1.807) is 16.9 Å². The topological polar surface area (TPSA) is 97.0 Å². The second-order valence-electron chi connectivity index (χ2n) is 6.46. The molecule has 1 N–H and O–H groups in total. The summed E-state index contributed by atoms with van der Waals surface area (Å²) in [5.74, 6) is 3.13. The summed E-state index contributed by atoms with van der Waals surface area (Å²) in [6, 6.07) is 7.83. The predicted octanol–water partition coefficient (Wildman–Crippen LogP) is 1.32. The van der Waals surface area contributed by atoms with Crippen molar-refractivity contribution in [3.63, 3.8) is 0 Å². The Balaban J connectivity index is 1.21. The van der Waals surface area contributed by atoms with Crippen LogP contribution in [0, 0.1) is 12.8 Å². The molecule has 1 saturated heterocycles. The van der Waals surface area contributed by atoms with Crippen LogP contribution in [0.4, 0.5) is 11.6 Å². The molecule has 0 unspecified atom stereocenters. The number of fused-ring (bicyclic) bond motifs is 2. The number of nitrogens with zero attached hydrogens (tertiary/aromatic N) is 8. The molecule has 0 spiro atoms. The van der Waals surface area contributed by atoms with Crippen LogP contribution in [0.25, 0.3) is 16.8 Å². The molecule has 0 aliphatic carbocycles. The largest absolute Gasteiger partial charge is 0.370 e. The van der Waals surface area contributed by atoms with Crippen LogP contribution in [-0.2, 0) is 0 Å². The summed E-state index contributed by atoms with van der Waals surface area (Å²) in [6.07, 6.45) is 3.33. The summed E-state index contributed by atoms with van der Waals surface area (Å²) in [5.41, 5.74) is 2.24. The molecule has 0 bridgehead atoms. The Hall–Kier alpha value is -3.36. The van der Waals surface area contributed by atoms with Crippen molar-refractivity contribution in [2.45, 2.75) is 6.92 Å². The van der Waals surface area contributed by atoms with Gasteiger partial charge in [0.2, 0.25) is 0 Å². The maximum atomic E-state index is 4.61. The zero-order valence-electron chi connectivity index (χ0n) is 14.2. The smallest absolute Gasteiger partial charge is 0.180 e. The fourth-order valence-electron chi connectivity index (χ4n) is 3.14. The van der Waals surface area contributed by atoms with Gasteiger partial charge in [-0.1, -0.05) is 0 Å². The van der Waals surface area contributed by atoms with Crippen LogP contribution in [0.3, 0.4) is 0 Å². The van der Waals surface area contributed by atoms with Gasteiger partial charge < -0.3 is 10.2 Å². The number of aryl methyl sites for hydroxylation is 1. The van der Waals surface area contributed by atoms with E-state index in [9.17, 15) is 0 Å². The summed E-state index contributed by atoms with van der Waals surface area (Å²) in [6.45, 7) is 4.68. The lowest BCUT2D eigenvalue weighted by molar-refractivity contribution is 0.424. The first-order chi connectivity index (χ1) is 12.8. The van der Waals surface area contributed by atoms with Crippen LogP contribution >= 0.6 is 0 Å². The van der Waals surface area contributed by atoms with E-state index in [4.69, 9.17) is 0 Å². The van der Waals surface area contributed by atoms with Gasteiger partial charge in [0.25, 0.3) is 0 Å². The van der Waals surface area contributed by atoms with Gasteiger partial charge in [-0.2, -0.15) is 4.52 Å². The second-order valence-corrected chi connectivity index (χ2v) is 6.46. The molecule has 1 fully saturated rings. The minimum atomic E-state index is 0.550. The van der Waals surface area contributed by atoms with Gasteiger partial charge in [0.05, 0.1) is 0 Å². The Labute approximate surface area is 149 Å². The Bertz CT molecular complexity index is 1080. The lowest BCUT2D eigenvalue weighted by Gasteiger charge is -2.40. The molecule has 130 valence electrons. The highest BCUT2D eigenvalue weighted by atomic mass is 15.4. The summed E-state index contributed by atoms with van der Waals surface area (Å²) < 4.78 is 1.78. The van der Waals surface area contributed by atoms with Crippen LogP contribution in [0.5, 0.6) is 0 Å². The molecule has 4 aromatic heterocycles. The fraction of sp³-hybridized carbons (Fsp3) is 0.294. The Morgan fingerprint density at radius 1 is 1.08 bits per heavy atom. The predicted molar refractivity (Wildman–Crippen MR) is 97.0 cm³/mol. The summed E-state index contributed by atoms with van der Waals surface area (Å²) in [7, 11) is 0. The van der Waals surface area contributed by atoms with E-state index < -0.39 is 0 Å². The summed E-state index contributed by atoms with van der Waals surface area (Å²) in [4.78, 5) is 15.2. The van der Waals surface area contributed by atoms with Gasteiger partial charge in [-0.25, -0.2) is 9.97 Å². The number of hydrogen-bond donors (Lipinski definition) is 1. The third-order valence-corrected chi connectivity index (χ3v) is 4.59. The van der Waals surface area contributed by atoms with Gasteiger partial charge in [-0.15, -0.1) is 15.3 Å². The van der Waals surface area contributed by atoms with Crippen molar-refractivity contribution < 1.29 is 0 Å². The first kappa shape index (κ1) is 14.9. The maximum Gasteiger partial charge on any atom is 0.180 e. The van der Waals surface area contributed by atoms with E-state index in [0.29, 0.717) is 11.6 Å². The van der Waals surface area contributed by atoms with E-state index in [-0.39, 0.29) is 0 Å². The van der Waals surface area contributed by atoms with Gasteiger partial charge in [-0.3, -0.25) is 4.98 Å². The van der Waals surface area contributed by atoms with E-state index >= 15 is 0 Å². The molecule has 0 amide bonds. The van der Waals surface area contributed by atoms with Gasteiger partial charge in [0.15, 0.2) is 17.1 Å². The highest BCUT2D eigenvalue weighted by molar-refractivity contribution is 5.71. The van der Waals surface area contributed by atoms with E-state index in [0.717, 1.165) is 48.3 Å². The van der Waals surface area contributed by atoms with Crippen LogP contribution in [0.1, 0.15) is 5.82 Å². The van der Waals surface area contributed by atoms with Crippen LogP contribution in [0.2, 0.25) is 0 Å². The van der Waals surface area contributed by atoms with E-state index in [1.807, 2.05) is 31.2 Å². The minimum absolute atomic E-state index is 0.550. The van der Waals surface area contributed by atoms with Gasteiger partial charge >= 0.3 is 0 Å². The number of rotatable bonds is 4. The molecule has 26 heavy (non-hydrogen) atoms. The average molecular weight is 347 g/mol. The SMILES string of the molecule is Cc1nnc2ccc(N3CC(CNc4ccc5nccnc5n4)C3)nn12. The third kappa shape index (κ3) is 2.57. The first-order valence-corrected chi connectivity index (χ1v) is 8.52. The van der Waals surface area contributed by atoms with Crippen LogP contribution in [-0.4, -0.2) is 54.4 Å². The molecule has 0 aromatic carbocycles. The van der Waals surface area contributed by atoms with E-state index in [2.05, 4.69) is 40.5 Å². The number of anilines is 2. The normalized spacial score (nSPS) is 14.7. The highest BCUT2D eigenvalue weighted by Crippen LogP contribution is 2.23. The maximum absolute atomic E-state index is 4.61. The van der Waals surface area contributed by atoms with Crippen molar-refractivity contribution >= 4 is 28.4 Å². The summed E-state index contributed by atoms with van der Waals surface area (Å²) in [5, 5.41) is 16.1. The van der Waals surface area contributed by atoms with Gasteiger partial charge in [0.1, 0.15) is 17.2 Å². The fourth-order valence-corrected chi connectivity index (χ4v) is 3.14. The zero-order valence-corrected chi connectivity index (χ0v) is 14.2. The van der Waals surface area contributed by atoms with Crippen LogP contribution < -0.4 is 10.2 Å². The molecule has 1 aliphatic heterocycles. The standard InChI is InChI=1S/C17H17N9/c1-11-22-23-15-4-5-16(24-26(11)15)25-9-12(10-25)8-20-14-3-2-13-17(21-14)19-7-6-18-13/h2-7,12H,8-10H2,1H3,(H,19,20,21). The van der Waals surface area contributed by atoms with Crippen LogP contribution in [0.15, 0.2) is 36.7 Å². The average Bonchev–Trinajstić information content (AvgIpc) is 3.01. The molecule has 0 saturated carbocycles. The van der Waals surface area contributed by atoms with Crippen molar-refractivity contribution in [3.05, 3.63) is 42.5 Å². The molecule has 0 atom stereocenters. The monoisotopic (exact) mass is 347 g/mol. The molecule has 4 aromatic rings. The quantitative estimate of drug-likeness (QED) is 0.590. The molecule has 1 aliphatic rings. The van der Waals surface area contributed by atoms with Crippen molar-refractivity contribution in [2.75, 3.05) is 29.9 Å². The minimum Gasteiger partial charge on any atom is -0.370 e. The second kappa shape index (κ2) is 5.87. The van der Waals surface area contributed by atoms with Crippen molar-refractivity contribution in [1.29, 1.82) is 0 Å². The lowest BCUT2D eigenvalue weighted by Crippen LogP contribution is -2.50. The molecule has 9 nitrogen and oxygen atoms in total.